The van der Waals surface area contributed by atoms with E-state index >= 15 is 0 Å². The summed E-state index contributed by atoms with van der Waals surface area (Å²) in [7, 11) is 0. The van der Waals surface area contributed by atoms with E-state index in [1.165, 1.54) is 6.20 Å². The van der Waals surface area contributed by atoms with Gasteiger partial charge in [-0.3, -0.25) is 10.1 Å². The van der Waals surface area contributed by atoms with Gasteiger partial charge in [0.15, 0.2) is 0 Å². The molecule has 0 aromatic carbocycles. The third-order valence-electron chi connectivity index (χ3n) is 2.17. The predicted molar refractivity (Wildman–Crippen MR) is 60.5 cm³/mol. The van der Waals surface area contributed by atoms with E-state index in [1.54, 1.807) is 0 Å². The van der Waals surface area contributed by atoms with E-state index < -0.39 is 22.8 Å². The third-order valence-corrected chi connectivity index (χ3v) is 2.37. The predicted octanol–water partition coefficient (Wildman–Crippen LogP) is 0.386. The molecule has 0 spiro atoms. The van der Waals surface area contributed by atoms with Crippen LogP contribution in [0.5, 0.6) is 0 Å². The first kappa shape index (κ1) is 13.8. The Morgan fingerprint density at radius 3 is 2.76 bits per heavy atom. The van der Waals surface area contributed by atoms with E-state index in [0.717, 1.165) is 6.07 Å². The van der Waals surface area contributed by atoms with Gasteiger partial charge in [0.25, 0.3) is 5.69 Å². The number of aliphatic hydroxyl groups is 2. The van der Waals surface area contributed by atoms with Crippen molar-refractivity contribution >= 4 is 17.3 Å². The molecule has 0 radical (unpaired) electrons. The summed E-state index contributed by atoms with van der Waals surface area (Å²) in [6.45, 7) is 0.152. The summed E-state index contributed by atoms with van der Waals surface area (Å²) in [5, 5.41) is 30.1. The number of aliphatic hydroxyl groups excluding tert-OH is 2. The van der Waals surface area contributed by atoms with Crippen LogP contribution in [-0.4, -0.2) is 32.8 Å². The van der Waals surface area contributed by atoms with Crippen molar-refractivity contribution in [1.29, 1.82) is 0 Å². The minimum absolute atomic E-state index is 0.0842. The van der Waals surface area contributed by atoms with Crippen LogP contribution in [0.1, 0.15) is 18.2 Å². The molecule has 7 nitrogen and oxygen atoms in total. The highest BCUT2D eigenvalue weighted by atomic mass is 35.5. The zero-order chi connectivity index (χ0) is 13.0. The Morgan fingerprint density at radius 1 is 1.59 bits per heavy atom. The van der Waals surface area contributed by atoms with E-state index in [4.69, 9.17) is 17.3 Å². The molecule has 1 aromatic rings. The van der Waals surface area contributed by atoms with Crippen molar-refractivity contribution in [3.63, 3.8) is 0 Å². The van der Waals surface area contributed by atoms with Crippen LogP contribution in [-0.2, 0) is 0 Å². The monoisotopic (exact) mass is 261 g/mol. The maximum absolute atomic E-state index is 10.7. The standard InChI is InChI=1S/C9H12ClN3O4/c10-5-3-6(13(16)17)8(12-4-5)9(15)7(14)1-2-11/h3-4,7,9,14-15H,1-2,11H2. The summed E-state index contributed by atoms with van der Waals surface area (Å²) in [6, 6.07) is 1.07. The van der Waals surface area contributed by atoms with Crippen molar-refractivity contribution in [3.8, 4) is 0 Å². The van der Waals surface area contributed by atoms with Crippen LogP contribution >= 0.6 is 11.6 Å². The van der Waals surface area contributed by atoms with Crippen LogP contribution in [0.15, 0.2) is 12.3 Å². The summed E-state index contributed by atoms with van der Waals surface area (Å²) >= 11 is 5.58. The van der Waals surface area contributed by atoms with Gasteiger partial charge in [-0.25, -0.2) is 4.98 Å². The molecule has 0 amide bonds. The smallest absolute Gasteiger partial charge is 0.295 e. The maximum Gasteiger partial charge on any atom is 0.295 e. The normalized spacial score (nSPS) is 14.4. The van der Waals surface area contributed by atoms with Crippen LogP contribution in [0.25, 0.3) is 0 Å². The van der Waals surface area contributed by atoms with Gasteiger partial charge in [0.1, 0.15) is 11.8 Å². The largest absolute Gasteiger partial charge is 0.390 e. The summed E-state index contributed by atoms with van der Waals surface area (Å²) in [4.78, 5) is 13.7. The maximum atomic E-state index is 10.7. The van der Waals surface area contributed by atoms with E-state index in [9.17, 15) is 20.3 Å². The van der Waals surface area contributed by atoms with Crippen LogP contribution < -0.4 is 5.73 Å². The van der Waals surface area contributed by atoms with Crippen LogP contribution in [0.3, 0.4) is 0 Å². The highest BCUT2D eigenvalue weighted by molar-refractivity contribution is 6.30. The zero-order valence-corrected chi connectivity index (χ0v) is 9.54. The molecule has 17 heavy (non-hydrogen) atoms. The number of pyridine rings is 1. The molecule has 1 aromatic heterocycles. The first-order chi connectivity index (χ1) is 7.97. The van der Waals surface area contributed by atoms with Gasteiger partial charge in [-0.1, -0.05) is 11.6 Å². The van der Waals surface area contributed by atoms with Gasteiger partial charge >= 0.3 is 0 Å². The highest BCUT2D eigenvalue weighted by Crippen LogP contribution is 2.28. The molecule has 4 N–H and O–H groups in total. The average Bonchev–Trinajstić information content (AvgIpc) is 2.28. The molecule has 1 rings (SSSR count). The van der Waals surface area contributed by atoms with Crippen molar-refractivity contribution < 1.29 is 15.1 Å². The molecule has 0 saturated heterocycles. The minimum atomic E-state index is -1.46. The van der Waals surface area contributed by atoms with Crippen molar-refractivity contribution in [2.24, 2.45) is 5.73 Å². The number of hydrogen-bond acceptors (Lipinski definition) is 6. The Hall–Kier alpha value is -1.28. The van der Waals surface area contributed by atoms with Crippen molar-refractivity contribution in [1.82, 2.24) is 4.98 Å². The van der Waals surface area contributed by atoms with Crippen LogP contribution in [0.4, 0.5) is 5.69 Å². The first-order valence-corrected chi connectivity index (χ1v) is 5.21. The van der Waals surface area contributed by atoms with Gasteiger partial charge in [-0.2, -0.15) is 0 Å². The number of nitrogens with zero attached hydrogens (tertiary/aromatic N) is 2. The number of hydrogen-bond donors (Lipinski definition) is 3. The van der Waals surface area contributed by atoms with Gasteiger partial charge in [-0.15, -0.1) is 0 Å². The first-order valence-electron chi connectivity index (χ1n) is 4.83. The van der Waals surface area contributed by atoms with Crippen molar-refractivity contribution in [2.75, 3.05) is 6.54 Å². The molecule has 0 saturated carbocycles. The van der Waals surface area contributed by atoms with Gasteiger partial charge in [-0.05, 0) is 13.0 Å². The fraction of sp³-hybridized carbons (Fsp3) is 0.444. The summed E-state index contributed by atoms with van der Waals surface area (Å²) in [5.74, 6) is 0. The summed E-state index contributed by atoms with van der Waals surface area (Å²) in [6.07, 6.45) is -1.38. The topological polar surface area (TPSA) is 123 Å². The van der Waals surface area contributed by atoms with Gasteiger partial charge in [0.2, 0.25) is 0 Å². The molecule has 2 unspecified atom stereocenters. The zero-order valence-electron chi connectivity index (χ0n) is 8.78. The lowest BCUT2D eigenvalue weighted by Crippen LogP contribution is -2.23. The van der Waals surface area contributed by atoms with Gasteiger partial charge < -0.3 is 15.9 Å². The Labute approximate surface area is 102 Å². The van der Waals surface area contributed by atoms with Crippen LogP contribution in [0, 0.1) is 10.1 Å². The van der Waals surface area contributed by atoms with E-state index in [0.29, 0.717) is 0 Å². The third kappa shape index (κ3) is 3.34. The van der Waals surface area contributed by atoms with Crippen molar-refractivity contribution in [3.05, 3.63) is 33.1 Å². The Kier molecular flexibility index (Phi) is 4.76. The molecule has 0 bridgehead atoms. The second-order valence-corrected chi connectivity index (χ2v) is 3.84. The van der Waals surface area contributed by atoms with E-state index in [1.807, 2.05) is 0 Å². The Bertz CT molecular complexity index is 415. The molecule has 0 fully saturated rings. The second-order valence-electron chi connectivity index (χ2n) is 3.40. The van der Waals surface area contributed by atoms with E-state index in [-0.39, 0.29) is 23.7 Å². The van der Waals surface area contributed by atoms with Gasteiger partial charge in [0, 0.05) is 12.3 Å². The van der Waals surface area contributed by atoms with Crippen molar-refractivity contribution in [2.45, 2.75) is 18.6 Å². The molecule has 2 atom stereocenters. The Balaban J connectivity index is 3.08. The van der Waals surface area contributed by atoms with E-state index in [2.05, 4.69) is 4.98 Å². The number of rotatable bonds is 5. The lowest BCUT2D eigenvalue weighted by Gasteiger charge is -2.16. The molecular weight excluding hydrogens is 250 g/mol. The number of aromatic nitrogens is 1. The SMILES string of the molecule is NCCC(O)C(O)c1ncc(Cl)cc1[N+](=O)[O-]. The molecular formula is C9H12ClN3O4. The molecule has 0 aliphatic heterocycles. The highest BCUT2D eigenvalue weighted by Gasteiger charge is 2.27. The molecule has 8 heteroatoms. The average molecular weight is 262 g/mol. The quantitative estimate of drug-likeness (QED) is 0.520. The summed E-state index contributed by atoms with van der Waals surface area (Å²) in [5.41, 5.74) is 4.57. The second kappa shape index (κ2) is 5.87. The number of nitro groups is 1. The molecule has 0 aliphatic rings. The lowest BCUT2D eigenvalue weighted by molar-refractivity contribution is -0.386. The molecule has 0 aliphatic carbocycles. The number of halogens is 1. The number of nitrogens with two attached hydrogens (primary N) is 1. The van der Waals surface area contributed by atoms with Gasteiger partial charge in [0.05, 0.1) is 16.0 Å². The van der Waals surface area contributed by atoms with Crippen LogP contribution in [0.2, 0.25) is 5.02 Å². The summed E-state index contributed by atoms with van der Waals surface area (Å²) < 4.78 is 0. The fourth-order valence-electron chi connectivity index (χ4n) is 1.32. The lowest BCUT2D eigenvalue weighted by atomic mass is 10.1. The molecule has 1 heterocycles. The fourth-order valence-corrected chi connectivity index (χ4v) is 1.48. The Morgan fingerprint density at radius 2 is 2.24 bits per heavy atom. The minimum Gasteiger partial charge on any atom is -0.390 e. The molecule has 94 valence electrons.